The number of unbranched alkanes of at least 4 members (excludes halogenated alkanes) is 12. The lowest BCUT2D eigenvalue weighted by molar-refractivity contribution is -0.145. The van der Waals surface area contributed by atoms with E-state index in [1.165, 1.54) is 70.6 Å². The summed E-state index contributed by atoms with van der Waals surface area (Å²) in [5.41, 5.74) is 0. The van der Waals surface area contributed by atoms with Gasteiger partial charge in [-0.3, -0.25) is 4.79 Å². The van der Waals surface area contributed by atoms with Gasteiger partial charge in [0.2, 0.25) is 0 Å². The Balaban J connectivity index is 3.12. The molecule has 0 amide bonds. The lowest BCUT2D eigenvalue weighted by Gasteiger charge is -2.09. The first kappa shape index (κ1) is 55.5. The average molecular weight is 823 g/mol. The molecular formula is C43H82O14. The third-order valence-corrected chi connectivity index (χ3v) is 8.25. The van der Waals surface area contributed by atoms with E-state index in [0.29, 0.717) is 165 Å². The predicted octanol–water partition coefficient (Wildman–Crippen LogP) is 5.84. The molecule has 0 rings (SSSR count). The molecule has 0 aromatic rings. The third kappa shape index (κ3) is 52.5. The van der Waals surface area contributed by atoms with E-state index in [0.717, 1.165) is 12.8 Å². The molecule has 14 heteroatoms. The van der Waals surface area contributed by atoms with Crippen molar-refractivity contribution in [1.82, 2.24) is 0 Å². The first-order valence-electron chi connectivity index (χ1n) is 21.8. The Kier molecular flexibility index (Phi) is 51.2. The maximum atomic E-state index is 11.9. The number of hydrogen-bond donors (Lipinski definition) is 0. The van der Waals surface area contributed by atoms with Gasteiger partial charge in [-0.1, -0.05) is 89.9 Å². The maximum absolute atomic E-state index is 11.9. The molecule has 0 aliphatic rings. The lowest BCUT2D eigenvalue weighted by Crippen LogP contribution is -2.15. The minimum Gasteiger partial charge on any atom is -0.463 e. The Morgan fingerprint density at radius 2 is 0.561 bits per heavy atom. The summed E-state index contributed by atoms with van der Waals surface area (Å²) in [5, 5.41) is 0. The number of carbonyl (C=O) groups is 1. The van der Waals surface area contributed by atoms with Gasteiger partial charge in [-0.05, 0) is 6.42 Å². The molecule has 0 aromatic heterocycles. The first-order valence-corrected chi connectivity index (χ1v) is 21.8. The van der Waals surface area contributed by atoms with Crippen LogP contribution in [0.3, 0.4) is 0 Å². The highest BCUT2D eigenvalue weighted by atomic mass is 16.6. The molecule has 0 unspecified atom stereocenters. The number of terminal acetylenes is 1. The molecule has 0 fully saturated rings. The van der Waals surface area contributed by atoms with E-state index in [1.807, 2.05) is 0 Å². The van der Waals surface area contributed by atoms with Crippen molar-refractivity contribution in [2.75, 3.05) is 165 Å². The Hall–Kier alpha value is -1.45. The average Bonchev–Trinajstić information content (AvgIpc) is 3.22. The zero-order chi connectivity index (χ0) is 41.1. The normalized spacial score (nSPS) is 11.4. The molecule has 0 spiro atoms. The van der Waals surface area contributed by atoms with Gasteiger partial charge in [0.1, 0.15) is 13.2 Å². The standard InChI is InChI=1S/C43H82O14/c1-3-5-6-7-8-9-10-11-12-13-14-15-16-17-43(44)57-42-41-56-40-39-55-38-37-54-36-35-53-34-33-52-32-31-51-30-29-50-28-27-49-26-25-48-24-23-47-22-21-46-20-19-45-18-4-2/h2H,3,5-42H2,1H3. The largest absolute Gasteiger partial charge is 0.463 e. The maximum Gasteiger partial charge on any atom is 0.305 e. The minimum absolute atomic E-state index is 0.134. The van der Waals surface area contributed by atoms with E-state index >= 15 is 0 Å². The molecule has 338 valence electrons. The molecule has 0 aliphatic carbocycles. The van der Waals surface area contributed by atoms with Crippen LogP contribution < -0.4 is 0 Å². The van der Waals surface area contributed by atoms with Gasteiger partial charge in [0.25, 0.3) is 0 Å². The topological polar surface area (TPSA) is 137 Å². The van der Waals surface area contributed by atoms with Crippen molar-refractivity contribution in [2.24, 2.45) is 0 Å². The van der Waals surface area contributed by atoms with Crippen molar-refractivity contribution in [3.05, 3.63) is 0 Å². The van der Waals surface area contributed by atoms with Crippen LogP contribution in [0.25, 0.3) is 0 Å². The van der Waals surface area contributed by atoms with Crippen molar-refractivity contribution in [1.29, 1.82) is 0 Å². The van der Waals surface area contributed by atoms with Gasteiger partial charge in [0.15, 0.2) is 0 Å². The summed E-state index contributed by atoms with van der Waals surface area (Å²) in [5.74, 6) is 2.27. The smallest absolute Gasteiger partial charge is 0.305 e. The van der Waals surface area contributed by atoms with Crippen molar-refractivity contribution in [3.8, 4) is 12.3 Å². The summed E-state index contributed by atoms with van der Waals surface area (Å²) in [7, 11) is 0. The second-order valence-electron chi connectivity index (χ2n) is 13.2. The van der Waals surface area contributed by atoms with Gasteiger partial charge < -0.3 is 61.6 Å². The molecule has 0 bridgehead atoms. The monoisotopic (exact) mass is 823 g/mol. The molecule has 0 saturated carbocycles. The highest BCUT2D eigenvalue weighted by Gasteiger charge is 2.03. The number of ether oxygens (including phenoxy) is 13. The fourth-order valence-electron chi connectivity index (χ4n) is 5.12. The number of carbonyl (C=O) groups excluding carboxylic acids is 1. The number of esters is 1. The van der Waals surface area contributed by atoms with Crippen LogP contribution in [-0.4, -0.2) is 171 Å². The van der Waals surface area contributed by atoms with Crippen LogP contribution in [-0.2, 0) is 66.4 Å². The summed E-state index contributed by atoms with van der Waals surface area (Å²) in [6.07, 6.45) is 22.4. The second-order valence-corrected chi connectivity index (χ2v) is 13.2. The lowest BCUT2D eigenvalue weighted by atomic mass is 10.0. The van der Waals surface area contributed by atoms with Gasteiger partial charge in [0, 0.05) is 6.42 Å². The Labute approximate surface area is 346 Å². The van der Waals surface area contributed by atoms with Crippen LogP contribution in [0.1, 0.15) is 96.8 Å². The zero-order valence-electron chi connectivity index (χ0n) is 35.9. The fraction of sp³-hybridized carbons (Fsp3) is 0.930. The molecule has 0 atom stereocenters. The molecule has 0 radical (unpaired) electrons. The molecule has 0 aromatic carbocycles. The summed E-state index contributed by atoms with van der Waals surface area (Å²) < 4.78 is 70.5. The van der Waals surface area contributed by atoms with Crippen LogP contribution in [0.15, 0.2) is 0 Å². The van der Waals surface area contributed by atoms with Crippen molar-refractivity contribution in [2.45, 2.75) is 96.8 Å². The van der Waals surface area contributed by atoms with Crippen LogP contribution in [0, 0.1) is 12.3 Å². The van der Waals surface area contributed by atoms with E-state index in [1.54, 1.807) is 0 Å². The summed E-state index contributed by atoms with van der Waals surface area (Å²) >= 11 is 0. The van der Waals surface area contributed by atoms with Gasteiger partial charge in [0.05, 0.1) is 152 Å². The Morgan fingerprint density at radius 3 is 0.825 bits per heavy atom. The molecule has 57 heavy (non-hydrogen) atoms. The van der Waals surface area contributed by atoms with E-state index in [2.05, 4.69) is 12.8 Å². The first-order chi connectivity index (χ1) is 28.3. The Bertz CT molecular complexity index is 800. The fourth-order valence-corrected chi connectivity index (χ4v) is 5.12. The Morgan fingerprint density at radius 1 is 0.333 bits per heavy atom. The van der Waals surface area contributed by atoms with E-state index in [4.69, 9.17) is 68.0 Å². The summed E-state index contributed by atoms with van der Waals surface area (Å²) in [4.78, 5) is 11.9. The molecular weight excluding hydrogens is 740 g/mol. The van der Waals surface area contributed by atoms with Gasteiger partial charge in [-0.25, -0.2) is 0 Å². The molecule has 0 heterocycles. The van der Waals surface area contributed by atoms with E-state index in [9.17, 15) is 4.79 Å². The third-order valence-electron chi connectivity index (χ3n) is 8.25. The predicted molar refractivity (Wildman–Crippen MR) is 220 cm³/mol. The highest BCUT2D eigenvalue weighted by Crippen LogP contribution is 2.13. The van der Waals surface area contributed by atoms with E-state index < -0.39 is 0 Å². The molecule has 14 nitrogen and oxygen atoms in total. The van der Waals surface area contributed by atoms with E-state index in [-0.39, 0.29) is 12.6 Å². The van der Waals surface area contributed by atoms with Crippen molar-refractivity contribution < 1.29 is 66.4 Å². The van der Waals surface area contributed by atoms with Crippen LogP contribution in [0.2, 0.25) is 0 Å². The van der Waals surface area contributed by atoms with Crippen LogP contribution in [0.4, 0.5) is 0 Å². The van der Waals surface area contributed by atoms with Crippen molar-refractivity contribution in [3.63, 3.8) is 0 Å². The SMILES string of the molecule is C#CCOCCOCCOCCOCCOCCOCCOCCOCCOCCOCCOCCOCCOC(=O)CCCCCCCCCCCCCCC. The summed E-state index contributed by atoms with van der Waals surface area (Å²) in [6, 6.07) is 0. The van der Waals surface area contributed by atoms with Gasteiger partial charge in [-0.2, -0.15) is 0 Å². The number of hydrogen-bond acceptors (Lipinski definition) is 14. The van der Waals surface area contributed by atoms with Crippen LogP contribution in [0.5, 0.6) is 0 Å². The molecule has 0 aliphatic heterocycles. The second kappa shape index (κ2) is 52.6. The van der Waals surface area contributed by atoms with Gasteiger partial charge >= 0.3 is 5.97 Å². The van der Waals surface area contributed by atoms with Crippen LogP contribution >= 0.6 is 0 Å². The highest BCUT2D eigenvalue weighted by molar-refractivity contribution is 5.69. The quantitative estimate of drug-likeness (QED) is 0.0413. The minimum atomic E-state index is -0.134. The van der Waals surface area contributed by atoms with Crippen molar-refractivity contribution >= 4 is 5.97 Å². The van der Waals surface area contributed by atoms with Gasteiger partial charge in [-0.15, -0.1) is 6.42 Å². The zero-order valence-corrected chi connectivity index (χ0v) is 35.9. The molecule has 0 saturated heterocycles. The number of rotatable bonds is 51. The summed E-state index contributed by atoms with van der Waals surface area (Å²) in [6.45, 7) is 14.1. The molecule has 0 N–H and O–H groups in total.